The summed E-state index contributed by atoms with van der Waals surface area (Å²) >= 11 is 0. The van der Waals surface area contributed by atoms with Gasteiger partial charge in [-0.05, 0) is 24.6 Å². The molecule has 24 heavy (non-hydrogen) atoms. The number of anilines is 1. The van der Waals surface area contributed by atoms with E-state index in [4.69, 9.17) is 4.74 Å². The molecule has 1 aliphatic heterocycles. The molecule has 128 valence electrons. The van der Waals surface area contributed by atoms with Gasteiger partial charge in [0.2, 0.25) is 5.88 Å². The normalized spacial score (nSPS) is 14.1. The molecule has 1 aromatic carbocycles. The molecule has 0 bridgehead atoms. The van der Waals surface area contributed by atoms with E-state index in [0.717, 1.165) is 30.0 Å². The highest BCUT2D eigenvalue weighted by molar-refractivity contribution is 5.95. The van der Waals surface area contributed by atoms with Crippen molar-refractivity contribution in [2.24, 2.45) is 0 Å². The fourth-order valence-electron chi connectivity index (χ4n) is 2.71. The van der Waals surface area contributed by atoms with E-state index < -0.39 is 0 Å². The molecule has 6 nitrogen and oxygen atoms in total. The first-order valence-electron chi connectivity index (χ1n) is 7.66. The van der Waals surface area contributed by atoms with Crippen molar-refractivity contribution in [3.05, 3.63) is 47.5 Å². The van der Waals surface area contributed by atoms with E-state index in [1.54, 1.807) is 13.2 Å². The second kappa shape index (κ2) is 7.97. The van der Waals surface area contributed by atoms with Crippen molar-refractivity contribution in [2.75, 3.05) is 38.2 Å². The number of benzene rings is 1. The number of aromatic nitrogens is 2. The van der Waals surface area contributed by atoms with Crippen molar-refractivity contribution in [1.82, 2.24) is 15.1 Å². The van der Waals surface area contributed by atoms with Crippen LogP contribution in [-0.4, -0.2) is 54.3 Å². The van der Waals surface area contributed by atoms with Gasteiger partial charge >= 0.3 is 0 Å². The van der Waals surface area contributed by atoms with Crippen molar-refractivity contribution in [3.63, 3.8) is 0 Å². The van der Waals surface area contributed by atoms with Gasteiger partial charge < -0.3 is 14.5 Å². The molecule has 7 heteroatoms. The van der Waals surface area contributed by atoms with Crippen LogP contribution in [0.2, 0.25) is 0 Å². The molecular formula is C17H21ClN4O2. The van der Waals surface area contributed by atoms with Crippen LogP contribution in [0.4, 0.5) is 5.82 Å². The predicted octanol–water partition coefficient (Wildman–Crippen LogP) is 2.18. The zero-order valence-corrected chi connectivity index (χ0v) is 14.6. The maximum atomic E-state index is 12.6. The smallest absolute Gasteiger partial charge is 0.254 e. The second-order valence-electron chi connectivity index (χ2n) is 5.53. The number of methoxy groups -OCH3 is 1. The number of hydrogen-bond donors (Lipinski definition) is 0. The number of hydrogen-bond acceptors (Lipinski definition) is 5. The Balaban J connectivity index is 0.00000208. The van der Waals surface area contributed by atoms with Crippen molar-refractivity contribution in [2.45, 2.75) is 6.92 Å². The number of amides is 1. The highest BCUT2D eigenvalue weighted by Gasteiger charge is 2.23. The number of rotatable bonds is 3. The molecule has 0 saturated carbocycles. The minimum atomic E-state index is 0. The van der Waals surface area contributed by atoms with Crippen LogP contribution in [0.3, 0.4) is 0 Å². The van der Waals surface area contributed by atoms with E-state index in [1.165, 1.54) is 0 Å². The van der Waals surface area contributed by atoms with E-state index in [-0.39, 0.29) is 18.3 Å². The van der Waals surface area contributed by atoms with Gasteiger partial charge in [0.1, 0.15) is 0 Å². The Hall–Kier alpha value is -2.34. The van der Waals surface area contributed by atoms with E-state index in [2.05, 4.69) is 15.1 Å². The summed E-state index contributed by atoms with van der Waals surface area (Å²) in [5.41, 5.74) is 1.80. The second-order valence-corrected chi connectivity index (χ2v) is 5.53. The average Bonchev–Trinajstić information content (AvgIpc) is 2.62. The maximum Gasteiger partial charge on any atom is 0.254 e. The SMILES string of the molecule is COc1ccc(N2CCN(C(=O)c3ccccc3C)CC2)nn1.Cl. The molecule has 0 aliphatic carbocycles. The van der Waals surface area contributed by atoms with Crippen LogP contribution in [0.5, 0.6) is 5.88 Å². The Morgan fingerprint density at radius 1 is 1.04 bits per heavy atom. The molecule has 0 atom stereocenters. The Bertz CT molecular complexity index is 685. The van der Waals surface area contributed by atoms with Gasteiger partial charge in [0.25, 0.3) is 5.91 Å². The Morgan fingerprint density at radius 3 is 2.33 bits per heavy atom. The Labute approximate surface area is 147 Å². The quantitative estimate of drug-likeness (QED) is 0.851. The van der Waals surface area contributed by atoms with Gasteiger partial charge in [-0.1, -0.05) is 18.2 Å². The third-order valence-corrected chi connectivity index (χ3v) is 4.10. The summed E-state index contributed by atoms with van der Waals surface area (Å²) in [6, 6.07) is 11.4. The molecule has 0 spiro atoms. The van der Waals surface area contributed by atoms with E-state index in [0.29, 0.717) is 19.0 Å². The summed E-state index contributed by atoms with van der Waals surface area (Å²) in [7, 11) is 1.57. The standard InChI is InChI=1S/C17H20N4O2.ClH/c1-13-5-3-4-6-14(13)17(22)21-11-9-20(10-12-21)15-7-8-16(23-2)19-18-15;/h3-8H,9-12H2,1-2H3;1H. The summed E-state index contributed by atoms with van der Waals surface area (Å²) < 4.78 is 5.02. The summed E-state index contributed by atoms with van der Waals surface area (Å²) in [6.45, 7) is 4.83. The largest absolute Gasteiger partial charge is 0.480 e. The highest BCUT2D eigenvalue weighted by atomic mass is 35.5. The van der Waals surface area contributed by atoms with E-state index >= 15 is 0 Å². The number of halogens is 1. The molecule has 0 radical (unpaired) electrons. The zero-order valence-electron chi connectivity index (χ0n) is 13.8. The molecule has 1 amide bonds. The third kappa shape index (κ3) is 3.76. The van der Waals surface area contributed by atoms with Gasteiger partial charge in [-0.2, -0.15) is 0 Å². The molecule has 1 fully saturated rings. The van der Waals surface area contributed by atoms with Crippen LogP contribution in [-0.2, 0) is 0 Å². The summed E-state index contributed by atoms with van der Waals surface area (Å²) in [5.74, 6) is 1.42. The van der Waals surface area contributed by atoms with Gasteiger partial charge in [0.15, 0.2) is 5.82 Å². The van der Waals surface area contributed by atoms with Crippen molar-refractivity contribution in [1.29, 1.82) is 0 Å². The van der Waals surface area contributed by atoms with Gasteiger partial charge in [0, 0.05) is 37.8 Å². The fraction of sp³-hybridized carbons (Fsp3) is 0.353. The number of aryl methyl sites for hydroxylation is 1. The topological polar surface area (TPSA) is 58.6 Å². The van der Waals surface area contributed by atoms with Crippen LogP contribution in [0.1, 0.15) is 15.9 Å². The van der Waals surface area contributed by atoms with Gasteiger partial charge in [-0.3, -0.25) is 4.79 Å². The summed E-state index contributed by atoms with van der Waals surface area (Å²) in [6.07, 6.45) is 0. The van der Waals surface area contributed by atoms with Crippen LogP contribution >= 0.6 is 12.4 Å². The molecule has 2 heterocycles. The number of carbonyl (C=O) groups is 1. The average molecular weight is 349 g/mol. The minimum Gasteiger partial charge on any atom is -0.480 e. The predicted molar refractivity (Wildman–Crippen MR) is 95.1 cm³/mol. The molecule has 1 aromatic heterocycles. The lowest BCUT2D eigenvalue weighted by atomic mass is 10.1. The summed E-state index contributed by atoms with van der Waals surface area (Å²) in [4.78, 5) is 16.6. The molecular weight excluding hydrogens is 328 g/mol. The zero-order chi connectivity index (χ0) is 16.2. The molecule has 3 rings (SSSR count). The lowest BCUT2D eigenvalue weighted by Gasteiger charge is -2.35. The lowest BCUT2D eigenvalue weighted by Crippen LogP contribution is -2.49. The third-order valence-electron chi connectivity index (χ3n) is 4.10. The van der Waals surface area contributed by atoms with E-state index in [1.807, 2.05) is 42.2 Å². The first-order valence-corrected chi connectivity index (χ1v) is 7.66. The van der Waals surface area contributed by atoms with Crippen molar-refractivity contribution < 1.29 is 9.53 Å². The van der Waals surface area contributed by atoms with Crippen LogP contribution in [0.15, 0.2) is 36.4 Å². The van der Waals surface area contributed by atoms with Crippen LogP contribution in [0, 0.1) is 6.92 Å². The van der Waals surface area contributed by atoms with Crippen LogP contribution in [0.25, 0.3) is 0 Å². The minimum absolute atomic E-state index is 0. The highest BCUT2D eigenvalue weighted by Crippen LogP contribution is 2.17. The molecule has 2 aromatic rings. The molecule has 0 N–H and O–H groups in total. The number of nitrogens with zero attached hydrogens (tertiary/aromatic N) is 4. The number of piperazine rings is 1. The van der Waals surface area contributed by atoms with Crippen molar-refractivity contribution in [3.8, 4) is 5.88 Å². The Morgan fingerprint density at radius 2 is 1.75 bits per heavy atom. The monoisotopic (exact) mass is 348 g/mol. The van der Waals surface area contributed by atoms with E-state index in [9.17, 15) is 4.79 Å². The number of ether oxygens (including phenoxy) is 1. The number of carbonyl (C=O) groups excluding carboxylic acids is 1. The molecule has 0 unspecified atom stereocenters. The fourth-order valence-corrected chi connectivity index (χ4v) is 2.71. The molecule has 1 aliphatic rings. The summed E-state index contributed by atoms with van der Waals surface area (Å²) in [5, 5.41) is 8.15. The maximum absolute atomic E-state index is 12.6. The Kier molecular flexibility index (Phi) is 5.98. The molecule has 1 saturated heterocycles. The van der Waals surface area contributed by atoms with Crippen molar-refractivity contribution >= 4 is 24.1 Å². The lowest BCUT2D eigenvalue weighted by molar-refractivity contribution is 0.0745. The van der Waals surface area contributed by atoms with Crippen LogP contribution < -0.4 is 9.64 Å². The first kappa shape index (κ1) is 18.0. The van der Waals surface area contributed by atoms with Gasteiger partial charge in [0.05, 0.1) is 7.11 Å². The first-order chi connectivity index (χ1) is 11.2. The van der Waals surface area contributed by atoms with Gasteiger partial charge in [-0.25, -0.2) is 0 Å². The van der Waals surface area contributed by atoms with Gasteiger partial charge in [-0.15, -0.1) is 22.6 Å².